The number of hydrogen-bond donors (Lipinski definition) is 1. The Kier molecular flexibility index (Phi) is 5.66. The van der Waals surface area contributed by atoms with Gasteiger partial charge in [-0.1, -0.05) is 18.2 Å². The third-order valence-electron chi connectivity index (χ3n) is 6.25. The Labute approximate surface area is 182 Å². The SMILES string of the molecule is COc1cc2c(cc1CN1C[C@@H](Cc3ccnc4ccccc34)[C@@H](O)C1)OCCCO2. The van der Waals surface area contributed by atoms with Crippen LogP contribution >= 0.6 is 0 Å². The zero-order chi connectivity index (χ0) is 21.2. The lowest BCUT2D eigenvalue weighted by atomic mass is 9.94. The summed E-state index contributed by atoms with van der Waals surface area (Å²) in [6.45, 7) is 3.48. The second-order valence-electron chi connectivity index (χ2n) is 8.37. The Morgan fingerprint density at radius 1 is 1.06 bits per heavy atom. The minimum atomic E-state index is -0.363. The van der Waals surface area contributed by atoms with Gasteiger partial charge in [0.05, 0.1) is 31.9 Å². The number of nitrogens with zero attached hydrogens (tertiary/aromatic N) is 2. The fourth-order valence-electron chi connectivity index (χ4n) is 4.67. The van der Waals surface area contributed by atoms with E-state index in [0.717, 1.165) is 47.7 Å². The van der Waals surface area contributed by atoms with Crippen molar-refractivity contribution in [1.29, 1.82) is 0 Å². The van der Waals surface area contributed by atoms with Crippen LogP contribution in [-0.2, 0) is 13.0 Å². The number of rotatable bonds is 5. The number of aliphatic hydroxyl groups is 1. The molecule has 1 saturated heterocycles. The van der Waals surface area contributed by atoms with E-state index in [1.54, 1.807) is 7.11 Å². The van der Waals surface area contributed by atoms with Crippen molar-refractivity contribution in [3.63, 3.8) is 0 Å². The molecule has 0 amide bonds. The first-order valence-electron chi connectivity index (χ1n) is 10.9. The smallest absolute Gasteiger partial charge is 0.164 e. The van der Waals surface area contributed by atoms with Crippen LogP contribution in [0.1, 0.15) is 17.5 Å². The highest BCUT2D eigenvalue weighted by atomic mass is 16.5. The van der Waals surface area contributed by atoms with Crippen LogP contribution in [-0.4, -0.2) is 54.5 Å². The second kappa shape index (κ2) is 8.73. The molecule has 0 radical (unpaired) electrons. The number of methoxy groups -OCH3 is 1. The van der Waals surface area contributed by atoms with Gasteiger partial charge >= 0.3 is 0 Å². The molecule has 2 atom stereocenters. The lowest BCUT2D eigenvalue weighted by Crippen LogP contribution is -2.21. The molecule has 6 nitrogen and oxygen atoms in total. The van der Waals surface area contributed by atoms with Crippen LogP contribution in [0.5, 0.6) is 17.2 Å². The number of pyridine rings is 1. The van der Waals surface area contributed by atoms with Crippen LogP contribution < -0.4 is 14.2 Å². The molecule has 2 aliphatic heterocycles. The van der Waals surface area contributed by atoms with Crippen LogP contribution in [0.3, 0.4) is 0 Å². The standard InChI is InChI=1S/C25H28N2O4/c1-29-23-13-25-24(30-9-4-10-31-25)12-19(23)15-27-14-18(22(28)16-27)11-17-7-8-26-21-6-3-2-5-20(17)21/h2-3,5-8,12-13,18,22,28H,4,9-11,14-16H2,1H3/t18-,22+/m1/s1. The van der Waals surface area contributed by atoms with E-state index >= 15 is 0 Å². The normalized spacial score (nSPS) is 21.2. The van der Waals surface area contributed by atoms with E-state index in [1.807, 2.05) is 36.5 Å². The second-order valence-corrected chi connectivity index (χ2v) is 8.37. The van der Waals surface area contributed by atoms with Gasteiger partial charge in [-0.2, -0.15) is 0 Å². The number of hydrogen-bond acceptors (Lipinski definition) is 6. The van der Waals surface area contributed by atoms with Gasteiger partial charge < -0.3 is 19.3 Å². The van der Waals surface area contributed by atoms with Gasteiger partial charge in [0, 0.05) is 55.2 Å². The maximum Gasteiger partial charge on any atom is 0.164 e. The van der Waals surface area contributed by atoms with Crippen LogP contribution in [0, 0.1) is 5.92 Å². The van der Waals surface area contributed by atoms with Gasteiger partial charge in [0.15, 0.2) is 11.5 Å². The molecule has 0 saturated carbocycles. The van der Waals surface area contributed by atoms with Crippen molar-refractivity contribution in [2.75, 3.05) is 33.4 Å². The predicted octanol–water partition coefficient (Wildman–Crippen LogP) is 3.44. The van der Waals surface area contributed by atoms with Gasteiger partial charge in [-0.05, 0) is 30.2 Å². The molecule has 0 bridgehead atoms. The first-order valence-corrected chi connectivity index (χ1v) is 10.9. The molecule has 0 spiro atoms. The summed E-state index contributed by atoms with van der Waals surface area (Å²) in [5, 5.41) is 12.0. The summed E-state index contributed by atoms with van der Waals surface area (Å²) in [5.41, 5.74) is 3.29. The highest BCUT2D eigenvalue weighted by molar-refractivity contribution is 5.81. The first kappa shape index (κ1) is 20.1. The number of aromatic nitrogens is 1. The molecule has 0 unspecified atom stereocenters. The maximum atomic E-state index is 10.8. The Morgan fingerprint density at radius 3 is 2.71 bits per heavy atom. The van der Waals surface area contributed by atoms with E-state index in [4.69, 9.17) is 14.2 Å². The van der Waals surface area contributed by atoms with Gasteiger partial charge in [-0.15, -0.1) is 0 Å². The lowest BCUT2D eigenvalue weighted by Gasteiger charge is -2.19. The van der Waals surface area contributed by atoms with Crippen LogP contribution in [0.15, 0.2) is 48.7 Å². The van der Waals surface area contributed by atoms with Crippen LogP contribution in [0.4, 0.5) is 0 Å². The highest BCUT2D eigenvalue weighted by Gasteiger charge is 2.32. The first-order chi connectivity index (χ1) is 15.2. The summed E-state index contributed by atoms with van der Waals surface area (Å²) in [7, 11) is 1.68. The largest absolute Gasteiger partial charge is 0.496 e. The average molecular weight is 421 g/mol. The summed E-state index contributed by atoms with van der Waals surface area (Å²) in [6, 6.07) is 14.2. The minimum Gasteiger partial charge on any atom is -0.496 e. The average Bonchev–Trinajstić information content (AvgIpc) is 2.97. The summed E-state index contributed by atoms with van der Waals surface area (Å²) in [6.07, 6.45) is 3.20. The maximum absolute atomic E-state index is 10.8. The van der Waals surface area contributed by atoms with Gasteiger partial charge in [0.1, 0.15) is 5.75 Å². The Hall–Kier alpha value is -2.83. The quantitative estimate of drug-likeness (QED) is 0.682. The number of aliphatic hydroxyl groups excluding tert-OH is 1. The van der Waals surface area contributed by atoms with E-state index in [0.29, 0.717) is 26.3 Å². The number of β-amino-alcohol motifs (C(OH)–C–C–N with tert-alkyl or cyclic N) is 1. The molecule has 2 aliphatic rings. The van der Waals surface area contributed by atoms with Crippen molar-refractivity contribution in [1.82, 2.24) is 9.88 Å². The molecule has 2 aromatic carbocycles. The van der Waals surface area contributed by atoms with Crippen molar-refractivity contribution in [3.05, 3.63) is 59.8 Å². The molecule has 6 heteroatoms. The highest BCUT2D eigenvalue weighted by Crippen LogP contribution is 2.37. The van der Waals surface area contributed by atoms with E-state index in [9.17, 15) is 5.11 Å². The van der Waals surface area contributed by atoms with E-state index in [2.05, 4.69) is 22.0 Å². The van der Waals surface area contributed by atoms with E-state index in [1.165, 1.54) is 10.9 Å². The Morgan fingerprint density at radius 2 is 1.87 bits per heavy atom. The van der Waals surface area contributed by atoms with E-state index < -0.39 is 0 Å². The molecule has 5 rings (SSSR count). The number of benzene rings is 2. The summed E-state index contributed by atoms with van der Waals surface area (Å²) < 4.78 is 17.3. The molecule has 162 valence electrons. The van der Waals surface area contributed by atoms with Crippen molar-refractivity contribution >= 4 is 10.9 Å². The molecule has 1 fully saturated rings. The molecule has 1 N–H and O–H groups in total. The van der Waals surface area contributed by atoms with Crippen molar-refractivity contribution < 1.29 is 19.3 Å². The van der Waals surface area contributed by atoms with Crippen molar-refractivity contribution in [3.8, 4) is 17.2 Å². The van der Waals surface area contributed by atoms with Crippen molar-refractivity contribution in [2.24, 2.45) is 5.92 Å². The van der Waals surface area contributed by atoms with Gasteiger partial charge in [0.25, 0.3) is 0 Å². The monoisotopic (exact) mass is 420 g/mol. The van der Waals surface area contributed by atoms with Crippen molar-refractivity contribution in [2.45, 2.75) is 25.5 Å². The molecule has 1 aromatic heterocycles. The van der Waals surface area contributed by atoms with Gasteiger partial charge in [0.2, 0.25) is 0 Å². The van der Waals surface area contributed by atoms with Crippen LogP contribution in [0.25, 0.3) is 10.9 Å². The van der Waals surface area contributed by atoms with Gasteiger partial charge in [-0.25, -0.2) is 0 Å². The Bertz CT molecular complexity index is 1070. The lowest BCUT2D eigenvalue weighted by molar-refractivity contribution is 0.141. The fraction of sp³-hybridized carbons (Fsp3) is 0.400. The number of fused-ring (bicyclic) bond motifs is 2. The topological polar surface area (TPSA) is 64.1 Å². The molecule has 3 heterocycles. The minimum absolute atomic E-state index is 0.178. The predicted molar refractivity (Wildman–Crippen MR) is 119 cm³/mol. The van der Waals surface area contributed by atoms with Gasteiger partial charge in [-0.3, -0.25) is 9.88 Å². The molecule has 0 aliphatic carbocycles. The summed E-state index contributed by atoms with van der Waals surface area (Å²) >= 11 is 0. The number of para-hydroxylation sites is 1. The Balaban J connectivity index is 1.32. The molecule has 31 heavy (non-hydrogen) atoms. The zero-order valence-electron chi connectivity index (χ0n) is 17.8. The number of likely N-dealkylation sites (tertiary alicyclic amines) is 1. The number of ether oxygens (including phenoxy) is 3. The van der Waals surface area contributed by atoms with E-state index in [-0.39, 0.29) is 12.0 Å². The molecule has 3 aromatic rings. The summed E-state index contributed by atoms with van der Waals surface area (Å²) in [4.78, 5) is 6.75. The third-order valence-corrected chi connectivity index (χ3v) is 6.25. The molecular weight excluding hydrogens is 392 g/mol. The van der Waals surface area contributed by atoms with Crippen LogP contribution in [0.2, 0.25) is 0 Å². The summed E-state index contributed by atoms with van der Waals surface area (Å²) in [5.74, 6) is 2.48. The molecular formula is C25H28N2O4. The fourth-order valence-corrected chi connectivity index (χ4v) is 4.67. The third kappa shape index (κ3) is 4.18. The zero-order valence-corrected chi connectivity index (χ0v) is 17.8.